The van der Waals surface area contributed by atoms with Crippen molar-refractivity contribution in [3.05, 3.63) is 88.8 Å². The third-order valence-electron chi connectivity index (χ3n) is 10.1. The molecule has 18 heteroatoms. The van der Waals surface area contributed by atoms with Crippen LogP contribution in [0.15, 0.2) is 77.7 Å². The summed E-state index contributed by atoms with van der Waals surface area (Å²) in [6, 6.07) is 19.6. The van der Waals surface area contributed by atoms with Gasteiger partial charge in [-0.05, 0) is 93.3 Å². The van der Waals surface area contributed by atoms with Crippen molar-refractivity contribution < 1.29 is 46.9 Å². The van der Waals surface area contributed by atoms with Crippen molar-refractivity contribution >= 4 is 35.4 Å². The highest BCUT2D eigenvalue weighted by Gasteiger charge is 2.38. The lowest BCUT2D eigenvalue weighted by atomic mass is 9.81. The second kappa shape index (κ2) is 19.7. The highest BCUT2D eigenvalue weighted by Crippen LogP contribution is 2.33. The standard InChI is InChI=1S/C40H49N7O6.C2HF3O2/c1-40(2,3)53-39(51)43-24-27-6-10-30(11-7-27)38(50)47(32-15-12-29(13-16-32)33-23-36(48)45-44-33)34(37(41)49)22-26-4-8-28(9-5-26)31-14-17-35(42-25-31)46-18-20-52-21-19-46;3-2(4,5)1(6)7/h4-5,8-9,12-17,23,25,27,30,34H,6-7,10-11,18-22,24H2,1-3H3,(H2,41,49)(H,43,51)(H2,44,45,48);(H,6,7)/t27-,30-,34-;/m0./s1. The number of primary amides is 1. The number of benzene rings is 2. The molecular formula is C42H50F3N7O8. The Morgan fingerprint density at radius 3 is 2.05 bits per heavy atom. The number of aromatic nitrogens is 3. The number of alkyl halides is 3. The third kappa shape index (κ3) is 12.7. The molecule has 15 nitrogen and oxygen atoms in total. The van der Waals surface area contributed by atoms with E-state index in [2.05, 4.69) is 31.5 Å². The first-order valence-electron chi connectivity index (χ1n) is 19.5. The highest BCUT2D eigenvalue weighted by molar-refractivity contribution is 6.02. The lowest BCUT2D eigenvalue weighted by Crippen LogP contribution is -2.52. The maximum absolute atomic E-state index is 14.5. The molecule has 2 aliphatic rings. The van der Waals surface area contributed by atoms with Crippen LogP contribution >= 0.6 is 0 Å². The minimum atomic E-state index is -5.08. The summed E-state index contributed by atoms with van der Waals surface area (Å²) in [5, 5.41) is 15.4. The number of H-pyrrole nitrogens is 2. The van der Waals surface area contributed by atoms with Crippen LogP contribution < -0.4 is 26.4 Å². The molecule has 2 aromatic heterocycles. The molecule has 0 bridgehead atoms. The number of anilines is 2. The lowest BCUT2D eigenvalue weighted by Gasteiger charge is -2.36. The van der Waals surface area contributed by atoms with Gasteiger partial charge in [-0.2, -0.15) is 13.2 Å². The summed E-state index contributed by atoms with van der Waals surface area (Å²) in [6.45, 7) is 8.94. The Bertz CT molecular complexity index is 2120. The molecule has 2 fully saturated rings. The first-order chi connectivity index (χ1) is 28.4. The first-order valence-corrected chi connectivity index (χ1v) is 19.5. The molecule has 2 aromatic carbocycles. The zero-order valence-corrected chi connectivity index (χ0v) is 33.6. The van der Waals surface area contributed by atoms with Crippen molar-refractivity contribution in [3.8, 4) is 22.4 Å². The summed E-state index contributed by atoms with van der Waals surface area (Å²) in [4.78, 5) is 69.0. The molecule has 1 aliphatic carbocycles. The second-order valence-corrected chi connectivity index (χ2v) is 15.7. The first kappa shape index (κ1) is 44.9. The molecule has 0 radical (unpaired) electrons. The Labute approximate surface area is 344 Å². The number of halogens is 3. The van der Waals surface area contributed by atoms with Crippen LogP contribution in [0.25, 0.3) is 22.4 Å². The smallest absolute Gasteiger partial charge is 0.475 e. The molecule has 0 spiro atoms. The minimum absolute atomic E-state index is 0.168. The number of aromatic amines is 2. The van der Waals surface area contributed by atoms with Gasteiger partial charge in [0.2, 0.25) is 11.8 Å². The molecule has 3 heterocycles. The molecule has 1 atom stereocenters. The van der Waals surface area contributed by atoms with E-state index in [0.717, 1.165) is 54.0 Å². The number of ether oxygens (including phenoxy) is 2. The maximum Gasteiger partial charge on any atom is 0.490 e. The molecule has 1 saturated carbocycles. The van der Waals surface area contributed by atoms with Crippen molar-refractivity contribution in [2.45, 2.75) is 70.7 Å². The average molecular weight is 838 g/mol. The molecule has 1 aliphatic heterocycles. The number of amides is 3. The zero-order valence-electron chi connectivity index (χ0n) is 33.6. The molecule has 322 valence electrons. The summed E-state index contributed by atoms with van der Waals surface area (Å²) in [6.07, 6.45) is -0.756. The predicted octanol–water partition coefficient (Wildman–Crippen LogP) is 5.66. The minimum Gasteiger partial charge on any atom is -0.475 e. The highest BCUT2D eigenvalue weighted by atomic mass is 19.4. The Morgan fingerprint density at radius 1 is 0.933 bits per heavy atom. The number of hydrogen-bond acceptors (Lipinski definition) is 9. The fourth-order valence-electron chi connectivity index (χ4n) is 7.01. The maximum atomic E-state index is 14.5. The number of aliphatic carboxylic acids is 1. The van der Waals surface area contributed by atoms with Gasteiger partial charge in [0.15, 0.2) is 0 Å². The number of rotatable bonds is 11. The molecule has 60 heavy (non-hydrogen) atoms. The van der Waals surface area contributed by atoms with Crippen LogP contribution in [-0.4, -0.2) is 94.8 Å². The molecule has 6 rings (SSSR count). The van der Waals surface area contributed by atoms with Crippen LogP contribution in [-0.2, 0) is 30.3 Å². The normalized spacial score (nSPS) is 17.4. The van der Waals surface area contributed by atoms with Crippen molar-refractivity contribution in [1.82, 2.24) is 20.5 Å². The summed E-state index contributed by atoms with van der Waals surface area (Å²) in [7, 11) is 0. The van der Waals surface area contributed by atoms with Gasteiger partial charge in [0, 0.05) is 55.5 Å². The van der Waals surface area contributed by atoms with E-state index in [9.17, 15) is 32.3 Å². The van der Waals surface area contributed by atoms with Crippen LogP contribution in [0.4, 0.5) is 29.5 Å². The summed E-state index contributed by atoms with van der Waals surface area (Å²) in [5.74, 6) is -2.74. The Hall–Kier alpha value is -6.17. The number of hydrogen-bond donors (Lipinski definition) is 5. The Morgan fingerprint density at radius 2 is 1.53 bits per heavy atom. The number of morpholine rings is 1. The van der Waals surface area contributed by atoms with Gasteiger partial charge < -0.3 is 30.5 Å². The van der Waals surface area contributed by atoms with Crippen LogP contribution in [0.5, 0.6) is 0 Å². The topological polar surface area (TPSA) is 213 Å². The average Bonchev–Trinajstić information content (AvgIpc) is 3.66. The van der Waals surface area contributed by atoms with Gasteiger partial charge >= 0.3 is 18.2 Å². The van der Waals surface area contributed by atoms with E-state index in [-0.39, 0.29) is 29.7 Å². The van der Waals surface area contributed by atoms with Gasteiger partial charge in [0.1, 0.15) is 17.5 Å². The Balaban J connectivity index is 0.000000896. The number of nitrogens with zero attached hydrogens (tertiary/aromatic N) is 3. The van der Waals surface area contributed by atoms with Crippen molar-refractivity contribution in [1.29, 1.82) is 0 Å². The molecule has 3 amide bonds. The summed E-state index contributed by atoms with van der Waals surface area (Å²) in [5.41, 5.74) is 9.96. The summed E-state index contributed by atoms with van der Waals surface area (Å²) >= 11 is 0. The van der Waals surface area contributed by atoms with E-state index >= 15 is 0 Å². The number of alkyl carbamates (subject to hydrolysis) is 1. The Kier molecular flexibility index (Phi) is 14.8. The summed E-state index contributed by atoms with van der Waals surface area (Å²) < 4.78 is 42.6. The van der Waals surface area contributed by atoms with Gasteiger partial charge in [-0.3, -0.25) is 29.5 Å². The van der Waals surface area contributed by atoms with Crippen molar-refractivity contribution in [2.75, 3.05) is 42.6 Å². The van der Waals surface area contributed by atoms with Crippen molar-refractivity contribution in [2.24, 2.45) is 17.6 Å². The zero-order chi connectivity index (χ0) is 43.6. The number of carbonyl (C=O) groups is 4. The fraction of sp³-hybridized carbons (Fsp3) is 0.429. The van der Waals surface area contributed by atoms with E-state index in [1.165, 1.54) is 6.07 Å². The fourth-order valence-corrected chi connectivity index (χ4v) is 7.01. The molecule has 0 unspecified atom stereocenters. The number of carboxylic acids is 1. The lowest BCUT2D eigenvalue weighted by molar-refractivity contribution is -0.192. The van der Waals surface area contributed by atoms with Gasteiger partial charge in [0.05, 0.1) is 18.9 Å². The van der Waals surface area contributed by atoms with E-state index in [1.807, 2.05) is 57.3 Å². The van der Waals surface area contributed by atoms with Gasteiger partial charge in [0.25, 0.3) is 5.56 Å². The number of nitrogens with one attached hydrogen (secondary N) is 3. The molecule has 4 aromatic rings. The van der Waals surface area contributed by atoms with Crippen LogP contribution in [0, 0.1) is 11.8 Å². The molecule has 1 saturated heterocycles. The SMILES string of the molecule is CC(C)(C)OC(=O)NC[C@H]1CC[C@H](C(=O)N(c2ccc(-c3cc(=O)[nH][nH]3)cc2)[C@@H](Cc2ccc(-c3ccc(N4CCOCC4)nc3)cc2)C(N)=O)CC1.O=C(O)C(F)(F)F. The number of carbonyl (C=O) groups excluding carboxylic acids is 3. The third-order valence-corrected chi connectivity index (χ3v) is 10.1. The van der Waals surface area contributed by atoms with Gasteiger partial charge in [-0.15, -0.1) is 0 Å². The van der Waals surface area contributed by atoms with Crippen LogP contribution in [0.1, 0.15) is 52.0 Å². The quantitative estimate of drug-likeness (QED) is 0.125. The largest absolute Gasteiger partial charge is 0.490 e. The number of nitrogens with two attached hydrogens (primary N) is 1. The number of pyridine rings is 1. The van der Waals surface area contributed by atoms with Crippen LogP contribution in [0.3, 0.4) is 0 Å². The monoisotopic (exact) mass is 837 g/mol. The van der Waals surface area contributed by atoms with E-state index in [1.54, 1.807) is 29.2 Å². The predicted molar refractivity (Wildman–Crippen MR) is 217 cm³/mol. The van der Waals surface area contributed by atoms with Crippen LogP contribution in [0.2, 0.25) is 0 Å². The van der Waals surface area contributed by atoms with Crippen molar-refractivity contribution in [3.63, 3.8) is 0 Å². The number of carboxylic acid groups (broad SMARTS) is 1. The van der Waals surface area contributed by atoms with E-state index in [0.29, 0.717) is 44.0 Å². The molecular weight excluding hydrogens is 787 g/mol. The van der Waals surface area contributed by atoms with E-state index < -0.39 is 35.8 Å². The van der Waals surface area contributed by atoms with Gasteiger partial charge in [-0.25, -0.2) is 14.6 Å². The van der Waals surface area contributed by atoms with Gasteiger partial charge in [-0.1, -0.05) is 36.4 Å². The van der Waals surface area contributed by atoms with E-state index in [4.69, 9.17) is 25.1 Å². The second-order valence-electron chi connectivity index (χ2n) is 15.7. The molecule has 6 N–H and O–H groups in total.